The molecule has 1 atom stereocenters. The summed E-state index contributed by atoms with van der Waals surface area (Å²) in [6.45, 7) is 23.8. The van der Waals surface area contributed by atoms with Crippen LogP contribution in [-0.2, 0) is 5.41 Å². The van der Waals surface area contributed by atoms with Gasteiger partial charge in [0.25, 0.3) is 0 Å². The fourth-order valence-electron chi connectivity index (χ4n) is 4.06. The molecular weight excluding hydrogens is 382 g/mol. The van der Waals surface area contributed by atoms with Crippen LogP contribution in [0.5, 0.6) is 11.5 Å². The first-order chi connectivity index (χ1) is 14.2. The maximum Gasteiger partial charge on any atom is 0.157 e. The molecule has 2 aromatic carbocycles. The molecular formula is C28H43NO2. The molecule has 0 radical (unpaired) electrons. The Hall–Kier alpha value is -2.00. The molecule has 31 heavy (non-hydrogen) atoms. The van der Waals surface area contributed by atoms with Crippen LogP contribution in [-0.4, -0.2) is 18.4 Å². The van der Waals surface area contributed by atoms with E-state index in [0.29, 0.717) is 0 Å². The first-order valence-corrected chi connectivity index (χ1v) is 11.4. The molecule has 2 aromatic rings. The molecule has 0 aliphatic heterocycles. The van der Waals surface area contributed by atoms with Crippen molar-refractivity contribution >= 4 is 0 Å². The molecule has 0 saturated carbocycles. The number of rotatable bonds is 8. The minimum absolute atomic E-state index is 0.220. The number of ether oxygens (including phenoxy) is 2. The van der Waals surface area contributed by atoms with E-state index in [2.05, 4.69) is 106 Å². The van der Waals surface area contributed by atoms with E-state index >= 15 is 0 Å². The highest BCUT2D eigenvalue weighted by molar-refractivity contribution is 5.48. The summed E-state index contributed by atoms with van der Waals surface area (Å²) in [5.74, 6) is 1.95. The van der Waals surface area contributed by atoms with Crippen molar-refractivity contribution in [1.82, 2.24) is 5.32 Å². The molecule has 0 aromatic heterocycles. The third-order valence-corrected chi connectivity index (χ3v) is 7.18. The lowest BCUT2D eigenvalue weighted by atomic mass is 9.71. The van der Waals surface area contributed by atoms with Crippen molar-refractivity contribution in [3.05, 3.63) is 57.6 Å². The van der Waals surface area contributed by atoms with E-state index in [9.17, 15) is 0 Å². The van der Waals surface area contributed by atoms with Crippen molar-refractivity contribution in [3.63, 3.8) is 0 Å². The van der Waals surface area contributed by atoms with Crippen molar-refractivity contribution in [3.8, 4) is 11.5 Å². The normalized spacial score (nSPS) is 14.3. The van der Waals surface area contributed by atoms with Crippen LogP contribution in [0.4, 0.5) is 0 Å². The Balaban J connectivity index is 2.45. The lowest BCUT2D eigenvalue weighted by Gasteiger charge is -2.43. The van der Waals surface area contributed by atoms with Crippen LogP contribution in [0.15, 0.2) is 24.3 Å². The Bertz CT molecular complexity index is 890. The number of hydrogen-bond acceptors (Lipinski definition) is 3. The second kappa shape index (κ2) is 8.86. The minimum Gasteiger partial charge on any atom is -0.486 e. The Kier molecular flexibility index (Phi) is 7.22. The average molecular weight is 426 g/mol. The summed E-state index contributed by atoms with van der Waals surface area (Å²) in [6, 6.07) is 8.90. The molecule has 172 valence electrons. The first kappa shape index (κ1) is 25.3. The first-order valence-electron chi connectivity index (χ1n) is 11.4. The number of benzene rings is 2. The smallest absolute Gasteiger partial charge is 0.157 e. The topological polar surface area (TPSA) is 30.5 Å². The van der Waals surface area contributed by atoms with Gasteiger partial charge in [-0.05, 0) is 96.7 Å². The number of aryl methyl sites for hydroxylation is 5. The molecule has 3 heteroatoms. The summed E-state index contributed by atoms with van der Waals surface area (Å²) in [4.78, 5) is 0. The molecule has 0 aliphatic rings. The van der Waals surface area contributed by atoms with Gasteiger partial charge >= 0.3 is 0 Å². The van der Waals surface area contributed by atoms with Crippen LogP contribution in [0.3, 0.4) is 0 Å². The van der Waals surface area contributed by atoms with E-state index in [-0.39, 0.29) is 11.1 Å². The van der Waals surface area contributed by atoms with Gasteiger partial charge in [-0.2, -0.15) is 0 Å². The van der Waals surface area contributed by atoms with Gasteiger partial charge in [0.1, 0.15) is 17.1 Å². The maximum absolute atomic E-state index is 6.72. The molecule has 0 spiro atoms. The Labute approximate surface area is 190 Å². The van der Waals surface area contributed by atoms with E-state index < -0.39 is 5.60 Å². The molecule has 0 amide bonds. The van der Waals surface area contributed by atoms with Gasteiger partial charge in [0.2, 0.25) is 0 Å². The van der Waals surface area contributed by atoms with E-state index in [1.165, 1.54) is 22.3 Å². The highest BCUT2D eigenvalue weighted by Crippen LogP contribution is 2.42. The number of nitrogens with one attached hydrogen (secondary N) is 1. The van der Waals surface area contributed by atoms with Crippen molar-refractivity contribution in [2.24, 2.45) is 0 Å². The van der Waals surface area contributed by atoms with E-state index in [4.69, 9.17) is 9.47 Å². The van der Waals surface area contributed by atoms with Crippen LogP contribution in [0.2, 0.25) is 0 Å². The molecule has 1 unspecified atom stereocenters. The zero-order valence-corrected chi connectivity index (χ0v) is 21.8. The molecule has 0 fully saturated rings. The largest absolute Gasteiger partial charge is 0.486 e. The molecule has 0 heterocycles. The SMILES string of the molecule is CCC(C)(NC)Oc1c(C)cc(C(C)(C)C(C)(C)Oc2c(C)cc(C)cc2C)cc1C. The predicted octanol–water partition coefficient (Wildman–Crippen LogP) is 7.09. The van der Waals surface area contributed by atoms with Crippen LogP contribution in [0.1, 0.15) is 81.3 Å². The van der Waals surface area contributed by atoms with Gasteiger partial charge in [0.15, 0.2) is 5.72 Å². The van der Waals surface area contributed by atoms with Gasteiger partial charge in [0, 0.05) is 5.41 Å². The highest BCUT2D eigenvalue weighted by Gasteiger charge is 2.41. The lowest BCUT2D eigenvalue weighted by Crippen LogP contribution is -2.48. The van der Waals surface area contributed by atoms with Crippen molar-refractivity contribution in [2.75, 3.05) is 7.05 Å². The molecule has 2 rings (SSSR count). The minimum atomic E-state index is -0.415. The van der Waals surface area contributed by atoms with Gasteiger partial charge in [0.05, 0.1) is 0 Å². The van der Waals surface area contributed by atoms with Crippen molar-refractivity contribution in [1.29, 1.82) is 0 Å². The zero-order valence-electron chi connectivity index (χ0n) is 21.8. The van der Waals surface area contributed by atoms with Crippen molar-refractivity contribution in [2.45, 2.75) is 99.3 Å². The van der Waals surface area contributed by atoms with Gasteiger partial charge in [-0.25, -0.2) is 0 Å². The van der Waals surface area contributed by atoms with Crippen LogP contribution < -0.4 is 14.8 Å². The monoisotopic (exact) mass is 425 g/mol. The number of hydrogen-bond donors (Lipinski definition) is 1. The van der Waals surface area contributed by atoms with E-state index in [1.54, 1.807) is 0 Å². The predicted molar refractivity (Wildman–Crippen MR) is 133 cm³/mol. The molecule has 0 bridgehead atoms. The van der Waals surface area contributed by atoms with Gasteiger partial charge in [-0.3, -0.25) is 5.32 Å². The fourth-order valence-corrected chi connectivity index (χ4v) is 4.06. The van der Waals surface area contributed by atoms with Crippen LogP contribution in [0.25, 0.3) is 0 Å². The van der Waals surface area contributed by atoms with Crippen LogP contribution >= 0.6 is 0 Å². The molecule has 0 saturated heterocycles. The summed E-state index contributed by atoms with van der Waals surface area (Å²) < 4.78 is 13.1. The summed E-state index contributed by atoms with van der Waals surface area (Å²) >= 11 is 0. The van der Waals surface area contributed by atoms with E-state index in [0.717, 1.165) is 29.0 Å². The fraction of sp³-hybridized carbons (Fsp3) is 0.571. The second-order valence-corrected chi connectivity index (χ2v) is 10.3. The average Bonchev–Trinajstić information content (AvgIpc) is 2.67. The Morgan fingerprint density at radius 3 is 1.55 bits per heavy atom. The molecule has 1 N–H and O–H groups in total. The van der Waals surface area contributed by atoms with E-state index in [1.807, 2.05) is 7.05 Å². The Morgan fingerprint density at radius 2 is 1.13 bits per heavy atom. The third kappa shape index (κ3) is 5.09. The van der Waals surface area contributed by atoms with Crippen LogP contribution in [0, 0.1) is 34.6 Å². The summed E-state index contributed by atoms with van der Waals surface area (Å²) in [5.41, 5.74) is 6.17. The molecule has 0 aliphatic carbocycles. The Morgan fingerprint density at radius 1 is 0.710 bits per heavy atom. The van der Waals surface area contributed by atoms with Gasteiger partial charge in [-0.15, -0.1) is 0 Å². The zero-order chi connectivity index (χ0) is 23.8. The standard InChI is InChI=1S/C28H43NO2/c1-13-28(11,29-12)31-25-21(5)16-23(17-22(25)6)26(7,8)27(9,10)30-24-19(3)14-18(2)15-20(24)4/h14-17,29H,13H2,1-12H3. The quantitative estimate of drug-likeness (QED) is 0.458. The lowest BCUT2D eigenvalue weighted by molar-refractivity contribution is 0.0340. The second-order valence-electron chi connectivity index (χ2n) is 10.3. The summed E-state index contributed by atoms with van der Waals surface area (Å²) in [6.07, 6.45) is 0.881. The highest BCUT2D eigenvalue weighted by atomic mass is 16.5. The summed E-state index contributed by atoms with van der Waals surface area (Å²) in [7, 11) is 1.94. The van der Waals surface area contributed by atoms with Gasteiger partial charge in [-0.1, -0.05) is 50.6 Å². The molecule has 3 nitrogen and oxygen atoms in total. The third-order valence-electron chi connectivity index (χ3n) is 7.18. The van der Waals surface area contributed by atoms with Crippen molar-refractivity contribution < 1.29 is 9.47 Å². The maximum atomic E-state index is 6.72. The van der Waals surface area contributed by atoms with Gasteiger partial charge < -0.3 is 9.47 Å². The summed E-state index contributed by atoms with van der Waals surface area (Å²) in [5, 5.41) is 3.30.